The molecule has 132 valence electrons. The third-order valence-corrected chi connectivity index (χ3v) is 5.35. The molecule has 2 aromatic rings. The van der Waals surface area contributed by atoms with E-state index >= 15 is 0 Å². The van der Waals surface area contributed by atoms with Crippen molar-refractivity contribution in [1.29, 1.82) is 0 Å². The summed E-state index contributed by atoms with van der Waals surface area (Å²) < 4.78 is 41.6. The second-order valence-corrected chi connectivity index (χ2v) is 6.88. The Morgan fingerprint density at radius 2 is 1.28 bits per heavy atom. The van der Waals surface area contributed by atoms with Gasteiger partial charge in [0, 0.05) is 11.1 Å². The molecule has 0 unspecified atom stereocenters. The summed E-state index contributed by atoms with van der Waals surface area (Å²) in [6.45, 7) is 2.24. The summed E-state index contributed by atoms with van der Waals surface area (Å²) in [4.78, 5) is 0. The van der Waals surface area contributed by atoms with E-state index in [1.807, 2.05) is 12.1 Å². The zero-order valence-electron chi connectivity index (χ0n) is 14.4. The van der Waals surface area contributed by atoms with Crippen LogP contribution in [0.2, 0.25) is 0 Å². The number of rotatable bonds is 4. The molecule has 0 N–H and O–H groups in total. The van der Waals surface area contributed by atoms with Gasteiger partial charge in [-0.3, -0.25) is 0 Å². The fourth-order valence-electron chi connectivity index (χ4n) is 3.66. The Morgan fingerprint density at radius 3 is 1.76 bits per heavy atom. The van der Waals surface area contributed by atoms with Crippen molar-refractivity contribution in [1.82, 2.24) is 0 Å². The average Bonchev–Trinajstić information content (AvgIpc) is 2.67. The molecule has 0 aliphatic heterocycles. The van der Waals surface area contributed by atoms with Gasteiger partial charge in [-0.15, -0.1) is 0 Å². The van der Waals surface area contributed by atoms with E-state index in [0.717, 1.165) is 18.1 Å². The summed E-state index contributed by atoms with van der Waals surface area (Å²) in [6, 6.07) is 11.8. The molecule has 0 atom stereocenters. The summed E-state index contributed by atoms with van der Waals surface area (Å²) in [7, 11) is 0. The van der Waals surface area contributed by atoms with Crippen molar-refractivity contribution in [3.8, 4) is 0 Å². The molecule has 0 saturated heterocycles. The molecular weight excluding hydrogens is 321 g/mol. The summed E-state index contributed by atoms with van der Waals surface area (Å²) in [5.41, 5.74) is 1.46. The van der Waals surface area contributed by atoms with Gasteiger partial charge in [0.2, 0.25) is 0 Å². The third-order valence-electron chi connectivity index (χ3n) is 5.35. The van der Waals surface area contributed by atoms with Gasteiger partial charge in [-0.2, -0.15) is 0 Å². The highest BCUT2D eigenvalue weighted by Crippen LogP contribution is 2.37. The lowest BCUT2D eigenvalue weighted by Crippen LogP contribution is -2.12. The highest BCUT2D eigenvalue weighted by Gasteiger charge is 2.21. The van der Waals surface area contributed by atoms with Crippen LogP contribution in [0, 0.1) is 11.7 Å². The van der Waals surface area contributed by atoms with Crippen molar-refractivity contribution < 1.29 is 13.2 Å². The lowest BCUT2D eigenvalue weighted by Gasteiger charge is -2.28. The minimum absolute atomic E-state index is 0.0425. The van der Waals surface area contributed by atoms with E-state index < -0.39 is 17.5 Å². The van der Waals surface area contributed by atoms with Crippen LogP contribution < -0.4 is 0 Å². The summed E-state index contributed by atoms with van der Waals surface area (Å²) in [6.07, 6.45) is 6.07. The van der Waals surface area contributed by atoms with E-state index in [0.29, 0.717) is 5.92 Å². The highest BCUT2D eigenvalue weighted by atomic mass is 19.2. The maximum Gasteiger partial charge on any atom is 0.166 e. The first-order valence-corrected chi connectivity index (χ1v) is 9.00. The minimum Gasteiger partial charge on any atom is -0.207 e. The van der Waals surface area contributed by atoms with Crippen LogP contribution in [0.5, 0.6) is 0 Å². The molecule has 3 rings (SSSR count). The lowest BCUT2D eigenvalue weighted by atomic mass is 9.78. The van der Waals surface area contributed by atoms with Gasteiger partial charge in [-0.1, -0.05) is 37.6 Å². The van der Waals surface area contributed by atoms with Gasteiger partial charge in [0.05, 0.1) is 0 Å². The number of hydrogen-bond donors (Lipinski definition) is 0. The van der Waals surface area contributed by atoms with Crippen LogP contribution in [0.1, 0.15) is 61.6 Å². The Balaban J connectivity index is 1.75. The summed E-state index contributed by atoms with van der Waals surface area (Å²) >= 11 is 0. The maximum absolute atomic E-state index is 14.4. The topological polar surface area (TPSA) is 0 Å². The molecule has 3 heteroatoms. The predicted octanol–water partition coefficient (Wildman–Crippen LogP) is 7.27. The first kappa shape index (κ1) is 17.8. The predicted molar refractivity (Wildman–Crippen MR) is 96.9 cm³/mol. The first-order valence-electron chi connectivity index (χ1n) is 9.00. The van der Waals surface area contributed by atoms with Gasteiger partial charge in [-0.25, -0.2) is 13.2 Å². The van der Waals surface area contributed by atoms with Gasteiger partial charge in [0.25, 0.3) is 0 Å². The number of hydrogen-bond acceptors (Lipinski definition) is 0. The summed E-state index contributed by atoms with van der Waals surface area (Å²) in [5, 5.41) is 0. The van der Waals surface area contributed by atoms with E-state index in [1.165, 1.54) is 49.8 Å². The van der Waals surface area contributed by atoms with Crippen LogP contribution in [0.15, 0.2) is 48.5 Å². The molecule has 1 fully saturated rings. The van der Waals surface area contributed by atoms with E-state index in [9.17, 15) is 13.2 Å². The fourth-order valence-corrected chi connectivity index (χ4v) is 3.66. The van der Waals surface area contributed by atoms with Crippen molar-refractivity contribution in [3.05, 3.63) is 71.0 Å². The third kappa shape index (κ3) is 4.15. The largest absolute Gasteiger partial charge is 0.207 e. The molecule has 1 aliphatic carbocycles. The highest BCUT2D eigenvalue weighted by molar-refractivity contribution is 5.83. The van der Waals surface area contributed by atoms with Crippen LogP contribution in [0.3, 0.4) is 0 Å². The molecule has 25 heavy (non-hydrogen) atoms. The Hall–Kier alpha value is -2.03. The van der Waals surface area contributed by atoms with Crippen LogP contribution in [-0.2, 0) is 0 Å². The van der Waals surface area contributed by atoms with Crippen molar-refractivity contribution in [2.24, 2.45) is 5.92 Å². The normalized spacial score (nSPS) is 21.8. The molecule has 0 aromatic heterocycles. The van der Waals surface area contributed by atoms with E-state index in [-0.39, 0.29) is 11.1 Å². The Kier molecular flexibility index (Phi) is 5.62. The van der Waals surface area contributed by atoms with Gasteiger partial charge < -0.3 is 0 Å². The quantitative estimate of drug-likeness (QED) is 0.511. The first-order chi connectivity index (χ1) is 12.1. The number of benzene rings is 2. The molecular formula is C22H23F3. The standard InChI is InChI=1S/C22H23F3/c1-2-15-3-5-16(6-4-15)17-7-9-18(10-8-17)21(24)22(25)19-11-13-20(23)14-12-19/h7-16H,2-6H2,1H3/b22-21+. The molecule has 0 amide bonds. The van der Waals surface area contributed by atoms with Crippen LogP contribution in [0.4, 0.5) is 13.2 Å². The molecule has 1 aliphatic rings. The molecule has 2 aromatic carbocycles. The minimum atomic E-state index is -0.962. The fraction of sp³-hybridized carbons (Fsp3) is 0.364. The molecule has 0 spiro atoms. The van der Waals surface area contributed by atoms with Crippen LogP contribution in [0.25, 0.3) is 11.7 Å². The van der Waals surface area contributed by atoms with E-state index in [4.69, 9.17) is 0 Å². The van der Waals surface area contributed by atoms with E-state index in [2.05, 4.69) is 6.92 Å². The van der Waals surface area contributed by atoms with E-state index in [1.54, 1.807) is 12.1 Å². The van der Waals surface area contributed by atoms with Crippen LogP contribution >= 0.6 is 0 Å². The van der Waals surface area contributed by atoms with Crippen molar-refractivity contribution in [2.75, 3.05) is 0 Å². The van der Waals surface area contributed by atoms with Crippen molar-refractivity contribution in [3.63, 3.8) is 0 Å². The van der Waals surface area contributed by atoms with Gasteiger partial charge in [0.15, 0.2) is 11.7 Å². The lowest BCUT2D eigenvalue weighted by molar-refractivity contribution is 0.319. The molecule has 0 bridgehead atoms. The maximum atomic E-state index is 14.4. The second kappa shape index (κ2) is 7.90. The Labute approximate surface area is 147 Å². The zero-order valence-corrected chi connectivity index (χ0v) is 14.4. The van der Waals surface area contributed by atoms with Crippen molar-refractivity contribution >= 4 is 11.7 Å². The SMILES string of the molecule is CCC1CCC(c2ccc(/C(F)=C(\F)c3ccc(F)cc3)cc2)CC1. The van der Waals surface area contributed by atoms with Gasteiger partial charge in [0.1, 0.15) is 5.82 Å². The monoisotopic (exact) mass is 344 g/mol. The second-order valence-electron chi connectivity index (χ2n) is 6.88. The molecule has 1 saturated carbocycles. The smallest absolute Gasteiger partial charge is 0.166 e. The molecule has 0 radical (unpaired) electrons. The van der Waals surface area contributed by atoms with Gasteiger partial charge in [-0.05, 0) is 67.3 Å². The summed E-state index contributed by atoms with van der Waals surface area (Å²) in [5.74, 6) is -0.991. The average molecular weight is 344 g/mol. The molecule has 0 nitrogen and oxygen atoms in total. The zero-order chi connectivity index (χ0) is 17.8. The Bertz CT molecular complexity index is 721. The number of halogens is 3. The van der Waals surface area contributed by atoms with Crippen LogP contribution in [-0.4, -0.2) is 0 Å². The Morgan fingerprint density at radius 1 is 0.800 bits per heavy atom. The van der Waals surface area contributed by atoms with Crippen molar-refractivity contribution in [2.45, 2.75) is 44.9 Å². The molecule has 0 heterocycles. The van der Waals surface area contributed by atoms with Gasteiger partial charge >= 0.3 is 0 Å².